The molecule has 48 heavy (non-hydrogen) atoms. The van der Waals surface area contributed by atoms with Crippen molar-refractivity contribution in [1.82, 2.24) is 25.5 Å². The number of amides is 3. The monoisotopic (exact) mass is 645 g/mol. The maximum atomic E-state index is 13.3. The number of nitrogens with zero attached hydrogens (tertiary/aromatic N) is 2. The SMILES string of the molecule is O=C(CN(CCOCc1ccccc1)Cc1ccc(-c2ccccc2)cc1)NC(=O)[C@H](Cc1c[nH]cn1)NC(=O)OCc1ccccc1. The van der Waals surface area contributed by atoms with Crippen molar-refractivity contribution < 1.29 is 23.9 Å². The number of H-pyrrole nitrogens is 1. The summed E-state index contributed by atoms with van der Waals surface area (Å²) in [6, 6.07) is 36.3. The van der Waals surface area contributed by atoms with Gasteiger partial charge in [0, 0.05) is 25.7 Å². The van der Waals surface area contributed by atoms with Crippen molar-refractivity contribution in [3.63, 3.8) is 0 Å². The van der Waals surface area contributed by atoms with E-state index in [9.17, 15) is 14.4 Å². The Kier molecular flexibility index (Phi) is 12.6. The summed E-state index contributed by atoms with van der Waals surface area (Å²) in [6.45, 7) is 1.73. The fourth-order valence-corrected chi connectivity index (χ4v) is 5.06. The number of imide groups is 1. The number of aromatic amines is 1. The summed E-state index contributed by atoms with van der Waals surface area (Å²) in [6.07, 6.45) is 2.39. The molecular weight excluding hydrogens is 606 g/mol. The van der Waals surface area contributed by atoms with Crippen molar-refractivity contribution in [2.75, 3.05) is 19.7 Å². The second kappa shape index (κ2) is 17.9. The van der Waals surface area contributed by atoms with Gasteiger partial charge in [0.05, 0.1) is 31.8 Å². The van der Waals surface area contributed by atoms with Gasteiger partial charge >= 0.3 is 6.09 Å². The summed E-state index contributed by atoms with van der Waals surface area (Å²) in [5.41, 5.74) is 5.63. The molecule has 0 aliphatic carbocycles. The van der Waals surface area contributed by atoms with Gasteiger partial charge in [0.15, 0.2) is 0 Å². The zero-order valence-electron chi connectivity index (χ0n) is 26.6. The van der Waals surface area contributed by atoms with Crippen molar-refractivity contribution in [3.8, 4) is 11.1 Å². The molecule has 10 heteroatoms. The number of hydrogen-bond acceptors (Lipinski definition) is 7. The van der Waals surface area contributed by atoms with Crippen molar-refractivity contribution in [1.29, 1.82) is 0 Å². The average molecular weight is 646 g/mol. The molecule has 0 fully saturated rings. The lowest BCUT2D eigenvalue weighted by Gasteiger charge is -2.23. The highest BCUT2D eigenvalue weighted by Gasteiger charge is 2.25. The second-order valence-electron chi connectivity index (χ2n) is 11.2. The van der Waals surface area contributed by atoms with Crippen LogP contribution < -0.4 is 10.6 Å². The number of ether oxygens (including phenoxy) is 2. The quantitative estimate of drug-likeness (QED) is 0.125. The molecule has 0 aliphatic heterocycles. The van der Waals surface area contributed by atoms with Crippen LogP contribution in [0.5, 0.6) is 0 Å². The van der Waals surface area contributed by atoms with E-state index in [0.29, 0.717) is 32.0 Å². The van der Waals surface area contributed by atoms with Crippen LogP contribution in [0.4, 0.5) is 4.79 Å². The maximum absolute atomic E-state index is 13.3. The summed E-state index contributed by atoms with van der Waals surface area (Å²) in [5, 5.41) is 5.05. The Morgan fingerprint density at radius 3 is 2.02 bits per heavy atom. The molecule has 0 unspecified atom stereocenters. The third kappa shape index (κ3) is 11.0. The molecule has 0 saturated carbocycles. The molecule has 1 atom stereocenters. The highest BCUT2D eigenvalue weighted by Crippen LogP contribution is 2.20. The molecule has 0 bridgehead atoms. The predicted octanol–water partition coefficient (Wildman–Crippen LogP) is 5.28. The molecule has 3 amide bonds. The van der Waals surface area contributed by atoms with E-state index in [-0.39, 0.29) is 19.6 Å². The lowest BCUT2D eigenvalue weighted by Crippen LogP contribution is -2.51. The Morgan fingerprint density at radius 1 is 0.750 bits per heavy atom. The van der Waals surface area contributed by atoms with Gasteiger partial charge in [0.2, 0.25) is 11.8 Å². The smallest absolute Gasteiger partial charge is 0.408 e. The van der Waals surface area contributed by atoms with E-state index < -0.39 is 23.9 Å². The number of alkyl carbamates (subject to hydrolysis) is 1. The molecule has 0 radical (unpaired) electrons. The Labute approximate surface area is 280 Å². The third-order valence-corrected chi connectivity index (χ3v) is 7.55. The predicted molar refractivity (Wildman–Crippen MR) is 182 cm³/mol. The number of carbonyl (C=O) groups is 3. The largest absolute Gasteiger partial charge is 0.445 e. The molecule has 1 heterocycles. The Morgan fingerprint density at radius 2 is 1.38 bits per heavy atom. The third-order valence-electron chi connectivity index (χ3n) is 7.55. The Hall–Kier alpha value is -5.58. The molecule has 4 aromatic carbocycles. The minimum absolute atomic E-state index is 0.0377. The van der Waals surface area contributed by atoms with E-state index in [1.54, 1.807) is 6.20 Å². The van der Waals surface area contributed by atoms with Crippen LogP contribution in [-0.2, 0) is 45.2 Å². The highest BCUT2D eigenvalue weighted by molar-refractivity contribution is 5.99. The number of nitrogens with one attached hydrogen (secondary N) is 3. The van der Waals surface area contributed by atoms with E-state index in [1.807, 2.05) is 95.9 Å². The van der Waals surface area contributed by atoms with Gasteiger partial charge in [-0.1, -0.05) is 115 Å². The summed E-state index contributed by atoms with van der Waals surface area (Å²) in [5.74, 6) is -1.16. The van der Waals surface area contributed by atoms with Crippen LogP contribution >= 0.6 is 0 Å². The molecule has 0 saturated heterocycles. The maximum Gasteiger partial charge on any atom is 0.408 e. The molecule has 246 valence electrons. The molecule has 0 spiro atoms. The average Bonchev–Trinajstić information content (AvgIpc) is 3.64. The fourth-order valence-electron chi connectivity index (χ4n) is 5.06. The van der Waals surface area contributed by atoms with Gasteiger partial charge in [0.1, 0.15) is 12.6 Å². The van der Waals surface area contributed by atoms with Gasteiger partial charge in [-0.25, -0.2) is 9.78 Å². The van der Waals surface area contributed by atoms with Crippen LogP contribution in [-0.4, -0.2) is 58.5 Å². The summed E-state index contributed by atoms with van der Waals surface area (Å²) in [4.78, 5) is 48.2. The van der Waals surface area contributed by atoms with Crippen LogP contribution in [0.3, 0.4) is 0 Å². The Balaban J connectivity index is 1.20. The van der Waals surface area contributed by atoms with E-state index in [0.717, 1.165) is 27.8 Å². The summed E-state index contributed by atoms with van der Waals surface area (Å²) in [7, 11) is 0. The first kappa shape index (κ1) is 33.8. The van der Waals surface area contributed by atoms with Crippen molar-refractivity contribution in [3.05, 3.63) is 150 Å². The van der Waals surface area contributed by atoms with E-state index >= 15 is 0 Å². The van der Waals surface area contributed by atoms with Crippen LogP contribution in [0.1, 0.15) is 22.4 Å². The van der Waals surface area contributed by atoms with Crippen LogP contribution in [0.15, 0.2) is 128 Å². The van der Waals surface area contributed by atoms with Crippen molar-refractivity contribution in [2.24, 2.45) is 0 Å². The molecule has 1 aromatic heterocycles. The fraction of sp³-hybridized carbons (Fsp3) is 0.211. The number of imidazole rings is 1. The van der Waals surface area contributed by atoms with Gasteiger partial charge in [-0.15, -0.1) is 0 Å². The molecule has 5 rings (SSSR count). The van der Waals surface area contributed by atoms with Crippen LogP contribution in [0.25, 0.3) is 11.1 Å². The summed E-state index contributed by atoms with van der Waals surface area (Å²) >= 11 is 0. The number of rotatable bonds is 16. The van der Waals surface area contributed by atoms with E-state index in [2.05, 4.69) is 44.9 Å². The molecule has 5 aromatic rings. The zero-order chi connectivity index (χ0) is 33.4. The topological polar surface area (TPSA) is 126 Å². The molecule has 0 aliphatic rings. The zero-order valence-corrected chi connectivity index (χ0v) is 26.6. The minimum atomic E-state index is -1.09. The van der Waals surface area contributed by atoms with Crippen LogP contribution in [0, 0.1) is 0 Å². The normalized spacial score (nSPS) is 11.5. The standard InChI is InChI=1S/C38H39N5O5/c44-36(42-37(45)35(22-34-23-39-28-40-34)41-38(46)48-27-31-12-6-2-7-13-31)25-43(20-21-47-26-30-10-4-1-5-11-30)24-29-16-18-33(19-17-29)32-14-8-3-9-15-32/h1-19,23,28,35H,20-22,24-27H2,(H,39,40)(H,41,46)(H,42,44,45)/t35-/m0/s1. The van der Waals surface area contributed by atoms with Gasteiger partial charge < -0.3 is 19.8 Å². The van der Waals surface area contributed by atoms with Gasteiger partial charge in [-0.3, -0.25) is 19.8 Å². The van der Waals surface area contributed by atoms with Gasteiger partial charge in [-0.05, 0) is 27.8 Å². The van der Waals surface area contributed by atoms with Gasteiger partial charge in [-0.2, -0.15) is 0 Å². The number of aromatic nitrogens is 2. The van der Waals surface area contributed by atoms with Crippen LogP contribution in [0.2, 0.25) is 0 Å². The number of hydrogen-bond donors (Lipinski definition) is 3. The number of benzene rings is 4. The van der Waals surface area contributed by atoms with Crippen molar-refractivity contribution >= 4 is 17.9 Å². The van der Waals surface area contributed by atoms with E-state index in [1.165, 1.54) is 6.33 Å². The Bertz CT molecular complexity index is 1700. The first-order valence-corrected chi connectivity index (χ1v) is 15.8. The minimum Gasteiger partial charge on any atom is -0.445 e. The lowest BCUT2D eigenvalue weighted by atomic mass is 10.0. The summed E-state index contributed by atoms with van der Waals surface area (Å²) < 4.78 is 11.2. The number of carbonyl (C=O) groups excluding carboxylic acids is 3. The molecule has 3 N–H and O–H groups in total. The first-order chi connectivity index (χ1) is 23.5. The van der Waals surface area contributed by atoms with Crippen molar-refractivity contribution in [2.45, 2.75) is 32.2 Å². The second-order valence-corrected chi connectivity index (χ2v) is 11.2. The molecule has 10 nitrogen and oxygen atoms in total. The molecular formula is C38H39N5O5. The van der Waals surface area contributed by atoms with E-state index in [4.69, 9.17) is 9.47 Å². The lowest BCUT2D eigenvalue weighted by molar-refractivity contribution is -0.132. The highest BCUT2D eigenvalue weighted by atomic mass is 16.5. The van der Waals surface area contributed by atoms with Gasteiger partial charge in [0.25, 0.3) is 0 Å². The first-order valence-electron chi connectivity index (χ1n) is 15.8.